The van der Waals surface area contributed by atoms with E-state index in [2.05, 4.69) is 10.1 Å². The summed E-state index contributed by atoms with van der Waals surface area (Å²) in [5.41, 5.74) is 1.28. The van der Waals surface area contributed by atoms with Crippen LogP contribution in [0.1, 0.15) is 32.1 Å². The monoisotopic (exact) mass is 230 g/mol. The zero-order valence-electron chi connectivity index (χ0n) is 9.02. The van der Waals surface area contributed by atoms with Crippen LogP contribution in [-0.2, 0) is 4.84 Å². The minimum Gasteiger partial charge on any atom is -0.391 e. The van der Waals surface area contributed by atoms with Gasteiger partial charge in [-0.25, -0.2) is 0 Å². The van der Waals surface area contributed by atoms with Crippen LogP contribution in [0.15, 0.2) is 5.16 Å². The second-order valence-electron chi connectivity index (χ2n) is 4.79. The number of piperidine rings is 3. The van der Waals surface area contributed by atoms with Gasteiger partial charge in [0.1, 0.15) is 6.10 Å². The molecule has 1 saturated carbocycles. The molecular formula is C11H19ClN2O. The molecule has 1 atom stereocenters. The Bertz CT molecular complexity index is 243. The Labute approximate surface area is 97.2 Å². The summed E-state index contributed by atoms with van der Waals surface area (Å²) >= 11 is 0. The first kappa shape index (κ1) is 11.2. The maximum absolute atomic E-state index is 5.67. The van der Waals surface area contributed by atoms with Crippen molar-refractivity contribution < 1.29 is 4.84 Å². The summed E-state index contributed by atoms with van der Waals surface area (Å²) in [5.74, 6) is 0.782. The molecule has 1 aliphatic carbocycles. The number of rotatable bonds is 2. The Morgan fingerprint density at radius 2 is 1.93 bits per heavy atom. The molecule has 3 aliphatic heterocycles. The first-order valence-corrected chi connectivity index (χ1v) is 5.86. The van der Waals surface area contributed by atoms with Gasteiger partial charge in [0, 0.05) is 12.5 Å². The van der Waals surface area contributed by atoms with E-state index in [1.807, 2.05) is 0 Å². The van der Waals surface area contributed by atoms with E-state index in [4.69, 9.17) is 4.84 Å². The van der Waals surface area contributed by atoms with Crippen LogP contribution in [0.5, 0.6) is 0 Å². The number of hydrogen-bond donors (Lipinski definition) is 0. The molecule has 86 valence electrons. The number of nitrogens with zero attached hydrogens (tertiary/aromatic N) is 2. The van der Waals surface area contributed by atoms with Gasteiger partial charge in [0.15, 0.2) is 0 Å². The molecule has 0 aromatic rings. The molecule has 4 rings (SSSR count). The van der Waals surface area contributed by atoms with Crippen LogP contribution in [0.4, 0.5) is 0 Å². The number of oxime groups is 1. The second kappa shape index (κ2) is 4.71. The van der Waals surface area contributed by atoms with Gasteiger partial charge in [0.2, 0.25) is 0 Å². The Kier molecular flexibility index (Phi) is 3.52. The van der Waals surface area contributed by atoms with Crippen LogP contribution >= 0.6 is 12.4 Å². The van der Waals surface area contributed by atoms with Crippen molar-refractivity contribution >= 4 is 18.1 Å². The van der Waals surface area contributed by atoms with E-state index >= 15 is 0 Å². The Balaban J connectivity index is 0.000000853. The zero-order valence-corrected chi connectivity index (χ0v) is 9.84. The molecule has 0 aromatic carbocycles. The molecule has 0 unspecified atom stereocenters. The minimum atomic E-state index is 0. The van der Waals surface area contributed by atoms with E-state index in [0.717, 1.165) is 12.5 Å². The lowest BCUT2D eigenvalue weighted by Crippen LogP contribution is -2.51. The highest BCUT2D eigenvalue weighted by molar-refractivity contribution is 5.88. The third kappa shape index (κ3) is 2.28. The van der Waals surface area contributed by atoms with Crippen molar-refractivity contribution in [3.05, 3.63) is 0 Å². The van der Waals surface area contributed by atoms with Gasteiger partial charge in [-0.1, -0.05) is 5.16 Å². The summed E-state index contributed by atoms with van der Waals surface area (Å²) in [6, 6.07) is 0. The molecule has 0 spiro atoms. The molecule has 0 amide bonds. The molecular weight excluding hydrogens is 212 g/mol. The van der Waals surface area contributed by atoms with Gasteiger partial charge >= 0.3 is 0 Å². The van der Waals surface area contributed by atoms with Crippen molar-refractivity contribution in [1.29, 1.82) is 0 Å². The lowest BCUT2D eigenvalue weighted by molar-refractivity contribution is -0.0687. The van der Waals surface area contributed by atoms with Gasteiger partial charge in [0.25, 0.3) is 0 Å². The predicted octanol–water partition coefficient (Wildman–Crippen LogP) is 2.06. The lowest BCUT2D eigenvalue weighted by Gasteiger charge is -2.43. The quantitative estimate of drug-likeness (QED) is 0.679. The highest BCUT2D eigenvalue weighted by Crippen LogP contribution is 2.30. The van der Waals surface area contributed by atoms with E-state index in [9.17, 15) is 0 Å². The molecule has 0 radical (unpaired) electrons. The fourth-order valence-electron chi connectivity index (χ4n) is 2.60. The van der Waals surface area contributed by atoms with Gasteiger partial charge in [-0.05, 0) is 45.2 Å². The summed E-state index contributed by atoms with van der Waals surface area (Å²) in [6.07, 6.45) is 6.67. The molecule has 2 bridgehead atoms. The van der Waals surface area contributed by atoms with Crippen molar-refractivity contribution in [2.75, 3.05) is 19.6 Å². The van der Waals surface area contributed by atoms with E-state index < -0.39 is 0 Å². The molecule has 0 N–H and O–H groups in total. The van der Waals surface area contributed by atoms with E-state index in [-0.39, 0.29) is 12.4 Å². The maximum Gasteiger partial charge on any atom is 0.143 e. The van der Waals surface area contributed by atoms with Crippen LogP contribution in [0, 0.1) is 5.92 Å². The Morgan fingerprint density at radius 1 is 1.20 bits per heavy atom. The molecule has 15 heavy (non-hydrogen) atoms. The second-order valence-corrected chi connectivity index (χ2v) is 4.79. The normalized spacial score (nSPS) is 37.9. The summed E-state index contributed by atoms with van der Waals surface area (Å²) in [6.45, 7) is 3.67. The summed E-state index contributed by atoms with van der Waals surface area (Å²) in [4.78, 5) is 8.17. The first-order chi connectivity index (χ1) is 6.92. The number of hydrogen-bond acceptors (Lipinski definition) is 3. The third-order valence-electron chi connectivity index (χ3n) is 3.84. The fourth-order valence-corrected chi connectivity index (χ4v) is 2.60. The van der Waals surface area contributed by atoms with E-state index in [0.29, 0.717) is 6.10 Å². The van der Waals surface area contributed by atoms with Crippen molar-refractivity contribution in [3.8, 4) is 0 Å². The van der Waals surface area contributed by atoms with Gasteiger partial charge in [-0.15, -0.1) is 12.4 Å². The maximum atomic E-state index is 5.67. The highest BCUT2D eigenvalue weighted by Gasteiger charge is 2.35. The molecule has 3 saturated heterocycles. The zero-order chi connectivity index (χ0) is 9.38. The lowest BCUT2D eigenvalue weighted by atomic mass is 9.86. The Morgan fingerprint density at radius 3 is 2.40 bits per heavy atom. The average Bonchev–Trinajstić information content (AvgIpc) is 2.17. The summed E-state index contributed by atoms with van der Waals surface area (Å²) < 4.78 is 0. The largest absolute Gasteiger partial charge is 0.391 e. The third-order valence-corrected chi connectivity index (χ3v) is 3.84. The van der Waals surface area contributed by atoms with Crippen molar-refractivity contribution in [3.63, 3.8) is 0 Å². The fraction of sp³-hybridized carbons (Fsp3) is 0.909. The van der Waals surface area contributed by atoms with Crippen LogP contribution < -0.4 is 0 Å². The van der Waals surface area contributed by atoms with Gasteiger partial charge in [-0.3, -0.25) is 4.90 Å². The highest BCUT2D eigenvalue weighted by atomic mass is 35.5. The van der Waals surface area contributed by atoms with Crippen LogP contribution in [0.25, 0.3) is 0 Å². The van der Waals surface area contributed by atoms with Crippen LogP contribution in [0.2, 0.25) is 0 Å². The van der Waals surface area contributed by atoms with Gasteiger partial charge in [-0.2, -0.15) is 0 Å². The number of fused-ring (bicyclic) bond motifs is 3. The smallest absolute Gasteiger partial charge is 0.143 e. The SMILES string of the molecule is C1CC(=NO[C@@H]2CN3CCC2CC3)C1.Cl. The minimum absolute atomic E-state index is 0. The van der Waals surface area contributed by atoms with Crippen molar-refractivity contribution in [2.45, 2.75) is 38.2 Å². The van der Waals surface area contributed by atoms with E-state index in [1.165, 1.54) is 50.9 Å². The summed E-state index contributed by atoms with van der Waals surface area (Å²) in [5, 5.41) is 4.26. The summed E-state index contributed by atoms with van der Waals surface area (Å²) in [7, 11) is 0. The van der Waals surface area contributed by atoms with Crippen LogP contribution in [-0.4, -0.2) is 36.3 Å². The molecule has 3 nitrogen and oxygen atoms in total. The average molecular weight is 231 g/mol. The topological polar surface area (TPSA) is 24.8 Å². The Hall–Kier alpha value is -0.280. The first-order valence-electron chi connectivity index (χ1n) is 5.86. The molecule has 4 fully saturated rings. The van der Waals surface area contributed by atoms with Crippen LogP contribution in [0.3, 0.4) is 0 Å². The van der Waals surface area contributed by atoms with E-state index in [1.54, 1.807) is 0 Å². The molecule has 4 heteroatoms. The van der Waals surface area contributed by atoms with Gasteiger partial charge < -0.3 is 4.84 Å². The molecule has 3 heterocycles. The predicted molar refractivity (Wildman–Crippen MR) is 62.6 cm³/mol. The molecule has 0 aromatic heterocycles. The van der Waals surface area contributed by atoms with Crippen molar-refractivity contribution in [1.82, 2.24) is 4.90 Å². The van der Waals surface area contributed by atoms with Gasteiger partial charge in [0.05, 0.1) is 5.71 Å². The molecule has 4 aliphatic rings. The standard InChI is InChI=1S/C11H18N2O.ClH/c1-2-10(3-1)12-14-11-8-13-6-4-9(11)5-7-13;/h9,11H,1-8H2;1H/t11-;/m1./s1. The number of halogens is 1. The van der Waals surface area contributed by atoms with Crippen molar-refractivity contribution in [2.24, 2.45) is 11.1 Å².